The van der Waals surface area contributed by atoms with Crippen LogP contribution in [0.5, 0.6) is 5.75 Å². The minimum Gasteiger partial charge on any atom is -0.490 e. The largest absolute Gasteiger partial charge is 0.490 e. The van der Waals surface area contributed by atoms with Gasteiger partial charge in [0.2, 0.25) is 0 Å². The molecule has 2 heteroatoms. The van der Waals surface area contributed by atoms with Crippen LogP contribution in [0.15, 0.2) is 18.2 Å². The molecule has 16 heavy (non-hydrogen) atoms. The first kappa shape index (κ1) is 13.0. The zero-order valence-electron chi connectivity index (χ0n) is 10.5. The standard InChI is InChI=1S/C14H22O2/c1-4-5-9-13(15)10-16-14-11(2)7-6-8-12(14)3/h6-8,13,15H,4-5,9-10H2,1-3H3. The van der Waals surface area contributed by atoms with E-state index in [0.29, 0.717) is 6.61 Å². The predicted molar refractivity (Wildman–Crippen MR) is 66.9 cm³/mol. The number of hydrogen-bond donors (Lipinski definition) is 1. The van der Waals surface area contributed by atoms with Gasteiger partial charge in [0.1, 0.15) is 12.4 Å². The summed E-state index contributed by atoms with van der Waals surface area (Å²) in [6, 6.07) is 6.08. The minimum atomic E-state index is -0.348. The lowest BCUT2D eigenvalue weighted by molar-refractivity contribution is 0.0973. The Morgan fingerprint density at radius 1 is 1.25 bits per heavy atom. The number of benzene rings is 1. The molecule has 0 spiro atoms. The Labute approximate surface area is 98.3 Å². The molecule has 1 atom stereocenters. The highest BCUT2D eigenvalue weighted by molar-refractivity contribution is 5.39. The average Bonchev–Trinajstić information content (AvgIpc) is 2.25. The Bertz CT molecular complexity index is 300. The molecule has 0 aliphatic rings. The summed E-state index contributed by atoms with van der Waals surface area (Å²) < 4.78 is 5.68. The van der Waals surface area contributed by atoms with Crippen molar-refractivity contribution in [1.29, 1.82) is 0 Å². The van der Waals surface area contributed by atoms with Crippen molar-refractivity contribution in [2.45, 2.75) is 46.1 Å². The minimum absolute atomic E-state index is 0.348. The molecule has 0 fully saturated rings. The Hall–Kier alpha value is -1.02. The van der Waals surface area contributed by atoms with Gasteiger partial charge in [-0.05, 0) is 31.4 Å². The van der Waals surface area contributed by atoms with Crippen LogP contribution in [0.3, 0.4) is 0 Å². The molecule has 90 valence electrons. The van der Waals surface area contributed by atoms with Crippen LogP contribution in [0.25, 0.3) is 0 Å². The molecule has 0 amide bonds. The van der Waals surface area contributed by atoms with Gasteiger partial charge in [0.15, 0.2) is 0 Å². The first-order valence-corrected chi connectivity index (χ1v) is 6.02. The van der Waals surface area contributed by atoms with E-state index in [1.165, 1.54) is 0 Å². The SMILES string of the molecule is CCCCC(O)COc1c(C)cccc1C. The summed E-state index contributed by atoms with van der Waals surface area (Å²) in [6.07, 6.45) is 2.64. The monoisotopic (exact) mass is 222 g/mol. The molecule has 0 saturated heterocycles. The van der Waals surface area contributed by atoms with E-state index in [2.05, 4.69) is 6.92 Å². The quantitative estimate of drug-likeness (QED) is 0.800. The van der Waals surface area contributed by atoms with E-state index in [9.17, 15) is 5.11 Å². The second-order valence-electron chi connectivity index (χ2n) is 4.33. The van der Waals surface area contributed by atoms with Crippen LogP contribution in [0.1, 0.15) is 37.3 Å². The fraction of sp³-hybridized carbons (Fsp3) is 0.571. The van der Waals surface area contributed by atoms with Gasteiger partial charge >= 0.3 is 0 Å². The van der Waals surface area contributed by atoms with Gasteiger partial charge < -0.3 is 9.84 Å². The molecule has 0 aromatic heterocycles. The molecule has 0 aliphatic carbocycles. The molecule has 1 unspecified atom stereocenters. The van der Waals surface area contributed by atoms with Crippen LogP contribution >= 0.6 is 0 Å². The Morgan fingerprint density at radius 3 is 2.44 bits per heavy atom. The fourth-order valence-corrected chi connectivity index (χ4v) is 1.73. The smallest absolute Gasteiger partial charge is 0.125 e. The highest BCUT2D eigenvalue weighted by Crippen LogP contribution is 2.22. The summed E-state index contributed by atoms with van der Waals surface area (Å²) in [4.78, 5) is 0. The normalized spacial score (nSPS) is 12.5. The van der Waals surface area contributed by atoms with Crippen molar-refractivity contribution < 1.29 is 9.84 Å². The van der Waals surface area contributed by atoms with Gasteiger partial charge in [-0.3, -0.25) is 0 Å². The highest BCUT2D eigenvalue weighted by Gasteiger charge is 2.07. The lowest BCUT2D eigenvalue weighted by Crippen LogP contribution is -2.17. The third kappa shape index (κ3) is 3.86. The van der Waals surface area contributed by atoms with Crippen molar-refractivity contribution in [3.8, 4) is 5.75 Å². The van der Waals surface area contributed by atoms with E-state index < -0.39 is 0 Å². The van der Waals surface area contributed by atoms with Crippen molar-refractivity contribution in [2.24, 2.45) is 0 Å². The number of unbranched alkanes of at least 4 members (excludes halogenated alkanes) is 1. The second-order valence-corrected chi connectivity index (χ2v) is 4.33. The summed E-state index contributed by atoms with van der Waals surface area (Å²) in [7, 11) is 0. The molecule has 0 bridgehead atoms. The zero-order chi connectivity index (χ0) is 12.0. The number of rotatable bonds is 6. The van der Waals surface area contributed by atoms with E-state index in [4.69, 9.17) is 4.74 Å². The number of aliphatic hydroxyl groups excluding tert-OH is 1. The van der Waals surface area contributed by atoms with Crippen molar-refractivity contribution in [1.82, 2.24) is 0 Å². The van der Waals surface area contributed by atoms with Crippen LogP contribution in [0.2, 0.25) is 0 Å². The number of ether oxygens (including phenoxy) is 1. The fourth-order valence-electron chi connectivity index (χ4n) is 1.73. The molecule has 1 aromatic rings. The molecule has 0 radical (unpaired) electrons. The van der Waals surface area contributed by atoms with Gasteiger partial charge in [0.25, 0.3) is 0 Å². The topological polar surface area (TPSA) is 29.5 Å². The number of aryl methyl sites for hydroxylation is 2. The van der Waals surface area contributed by atoms with Gasteiger partial charge in [-0.2, -0.15) is 0 Å². The van der Waals surface area contributed by atoms with Crippen molar-refractivity contribution in [3.63, 3.8) is 0 Å². The number of aliphatic hydroxyl groups is 1. The predicted octanol–water partition coefficient (Wildman–Crippen LogP) is 3.23. The van der Waals surface area contributed by atoms with Crippen molar-refractivity contribution >= 4 is 0 Å². The maximum atomic E-state index is 9.70. The third-order valence-electron chi connectivity index (χ3n) is 2.72. The molecular formula is C14H22O2. The summed E-state index contributed by atoms with van der Waals surface area (Å²) in [5, 5.41) is 9.70. The highest BCUT2D eigenvalue weighted by atomic mass is 16.5. The van der Waals surface area contributed by atoms with E-state index in [-0.39, 0.29) is 6.10 Å². The van der Waals surface area contributed by atoms with Gasteiger partial charge in [0.05, 0.1) is 6.10 Å². The van der Waals surface area contributed by atoms with Crippen molar-refractivity contribution in [2.75, 3.05) is 6.61 Å². The van der Waals surface area contributed by atoms with Gasteiger partial charge in [-0.15, -0.1) is 0 Å². The molecule has 0 aliphatic heterocycles. The van der Waals surface area contributed by atoms with Crippen LogP contribution in [-0.2, 0) is 0 Å². The third-order valence-corrected chi connectivity index (χ3v) is 2.72. The second kappa shape index (κ2) is 6.54. The lowest BCUT2D eigenvalue weighted by Gasteiger charge is -2.15. The zero-order valence-corrected chi connectivity index (χ0v) is 10.5. The lowest BCUT2D eigenvalue weighted by atomic mass is 10.1. The summed E-state index contributed by atoms with van der Waals surface area (Å²) in [5.74, 6) is 0.915. The van der Waals surface area contributed by atoms with E-state index in [1.807, 2.05) is 32.0 Å². The number of para-hydroxylation sites is 1. The Balaban J connectivity index is 2.48. The van der Waals surface area contributed by atoms with Crippen LogP contribution in [0.4, 0.5) is 0 Å². The summed E-state index contributed by atoms with van der Waals surface area (Å²) in [5.41, 5.74) is 2.25. The molecule has 0 heterocycles. The molecule has 0 saturated carbocycles. The maximum absolute atomic E-state index is 9.70. The number of hydrogen-bond acceptors (Lipinski definition) is 2. The van der Waals surface area contributed by atoms with Crippen LogP contribution in [0, 0.1) is 13.8 Å². The van der Waals surface area contributed by atoms with E-state index in [1.54, 1.807) is 0 Å². The van der Waals surface area contributed by atoms with Crippen LogP contribution in [-0.4, -0.2) is 17.8 Å². The van der Waals surface area contributed by atoms with Gasteiger partial charge in [0, 0.05) is 0 Å². The molecule has 1 N–H and O–H groups in total. The maximum Gasteiger partial charge on any atom is 0.125 e. The van der Waals surface area contributed by atoms with Gasteiger partial charge in [-0.1, -0.05) is 38.0 Å². The molecule has 1 aromatic carbocycles. The first-order valence-electron chi connectivity index (χ1n) is 6.02. The molecule has 1 rings (SSSR count). The Morgan fingerprint density at radius 2 is 1.88 bits per heavy atom. The molecule has 2 nitrogen and oxygen atoms in total. The summed E-state index contributed by atoms with van der Waals surface area (Å²) in [6.45, 7) is 6.58. The van der Waals surface area contributed by atoms with E-state index in [0.717, 1.165) is 36.1 Å². The first-order chi connectivity index (χ1) is 7.65. The molecular weight excluding hydrogens is 200 g/mol. The Kier molecular flexibility index (Phi) is 5.33. The van der Waals surface area contributed by atoms with Crippen molar-refractivity contribution in [3.05, 3.63) is 29.3 Å². The average molecular weight is 222 g/mol. The van der Waals surface area contributed by atoms with E-state index >= 15 is 0 Å². The van der Waals surface area contributed by atoms with Gasteiger partial charge in [-0.25, -0.2) is 0 Å². The van der Waals surface area contributed by atoms with Crippen LogP contribution < -0.4 is 4.74 Å². The summed E-state index contributed by atoms with van der Waals surface area (Å²) >= 11 is 0.